The Balaban J connectivity index is 1.65. The van der Waals surface area contributed by atoms with E-state index in [9.17, 15) is 4.79 Å². The topological polar surface area (TPSA) is 51.5 Å². The van der Waals surface area contributed by atoms with Gasteiger partial charge >= 0.3 is 0 Å². The van der Waals surface area contributed by atoms with E-state index in [0.29, 0.717) is 28.2 Å². The number of rotatable bonds is 4. The van der Waals surface area contributed by atoms with Crippen LogP contribution in [0.2, 0.25) is 0 Å². The van der Waals surface area contributed by atoms with Crippen molar-refractivity contribution < 1.29 is 9.15 Å². The van der Waals surface area contributed by atoms with Crippen molar-refractivity contribution in [3.63, 3.8) is 0 Å². The monoisotopic (exact) mass is 349 g/mol. The van der Waals surface area contributed by atoms with Crippen LogP contribution in [0.5, 0.6) is 5.75 Å². The van der Waals surface area contributed by atoms with Gasteiger partial charge in [0, 0.05) is 12.5 Å². The largest absolute Gasteiger partial charge is 0.490 e. The Hall–Kier alpha value is -2.59. The third kappa shape index (κ3) is 3.37. The summed E-state index contributed by atoms with van der Waals surface area (Å²) in [6, 6.07) is 15.1. The van der Waals surface area contributed by atoms with Gasteiger partial charge in [0.1, 0.15) is 17.6 Å². The van der Waals surface area contributed by atoms with Crippen LogP contribution in [0.15, 0.2) is 64.0 Å². The number of fused-ring (bicyclic) bond motifs is 1. The minimum absolute atomic E-state index is 0.0325. The van der Waals surface area contributed by atoms with Crippen LogP contribution in [-0.4, -0.2) is 19.2 Å². The summed E-state index contributed by atoms with van der Waals surface area (Å²) >= 11 is 0. The lowest BCUT2D eigenvalue weighted by atomic mass is 9.94. The van der Waals surface area contributed by atoms with E-state index < -0.39 is 0 Å². The first-order valence-corrected chi connectivity index (χ1v) is 9.21. The van der Waals surface area contributed by atoms with Crippen molar-refractivity contribution in [1.29, 1.82) is 0 Å². The maximum absolute atomic E-state index is 12.9. The number of hydrogen-bond acceptors (Lipinski definition) is 4. The van der Waals surface area contributed by atoms with Gasteiger partial charge in [-0.3, -0.25) is 4.79 Å². The maximum Gasteiger partial charge on any atom is 0.200 e. The molecule has 0 bridgehead atoms. The first-order valence-electron chi connectivity index (χ1n) is 9.21. The zero-order valence-electron chi connectivity index (χ0n) is 14.9. The molecular formula is C22H23NO3. The molecule has 1 aromatic heterocycles. The molecule has 1 saturated heterocycles. The third-order valence-corrected chi connectivity index (χ3v) is 5.15. The number of nitrogens with one attached hydrogen (secondary N) is 1. The van der Waals surface area contributed by atoms with E-state index in [4.69, 9.17) is 9.15 Å². The normalized spacial score (nSPS) is 18.6. The average Bonchev–Trinajstić information content (AvgIpc) is 2.70. The molecule has 3 aromatic rings. The molecule has 26 heavy (non-hydrogen) atoms. The van der Waals surface area contributed by atoms with Crippen molar-refractivity contribution in [1.82, 2.24) is 5.32 Å². The Morgan fingerprint density at radius 1 is 1.19 bits per heavy atom. The molecular weight excluding hydrogens is 326 g/mol. The van der Waals surface area contributed by atoms with Crippen molar-refractivity contribution in [3.8, 4) is 16.9 Å². The van der Waals surface area contributed by atoms with Gasteiger partial charge in [-0.15, -0.1) is 0 Å². The second-order valence-corrected chi connectivity index (χ2v) is 6.93. The minimum atomic E-state index is -0.0325. The van der Waals surface area contributed by atoms with Crippen LogP contribution in [0.1, 0.15) is 19.8 Å². The van der Waals surface area contributed by atoms with Gasteiger partial charge in [-0.25, -0.2) is 0 Å². The predicted octanol–water partition coefficient (Wildman–Crippen LogP) is 4.23. The molecule has 0 spiro atoms. The molecule has 0 saturated carbocycles. The molecule has 1 aliphatic rings. The van der Waals surface area contributed by atoms with Gasteiger partial charge in [0.05, 0.1) is 17.1 Å². The molecule has 134 valence electrons. The van der Waals surface area contributed by atoms with Crippen LogP contribution in [0.3, 0.4) is 0 Å². The summed E-state index contributed by atoms with van der Waals surface area (Å²) in [7, 11) is 0. The summed E-state index contributed by atoms with van der Waals surface area (Å²) in [4.78, 5) is 12.9. The summed E-state index contributed by atoms with van der Waals surface area (Å²) in [5.74, 6) is 1.21. The second-order valence-electron chi connectivity index (χ2n) is 6.93. The van der Waals surface area contributed by atoms with E-state index in [1.807, 2.05) is 42.5 Å². The van der Waals surface area contributed by atoms with E-state index >= 15 is 0 Å². The van der Waals surface area contributed by atoms with Crippen LogP contribution >= 0.6 is 0 Å². The van der Waals surface area contributed by atoms with E-state index in [-0.39, 0.29) is 11.5 Å². The van der Waals surface area contributed by atoms with Gasteiger partial charge in [-0.1, -0.05) is 30.3 Å². The summed E-state index contributed by atoms with van der Waals surface area (Å²) in [5, 5.41) is 3.97. The quantitative estimate of drug-likeness (QED) is 0.766. The van der Waals surface area contributed by atoms with E-state index in [2.05, 4.69) is 12.2 Å². The summed E-state index contributed by atoms with van der Waals surface area (Å²) in [6.07, 6.45) is 3.99. The van der Waals surface area contributed by atoms with Gasteiger partial charge in [0.15, 0.2) is 0 Å². The SMILES string of the molecule is CC(Oc1ccc2occ(-c3ccccc3)c(=O)c2c1)C1CCCNC1. The average molecular weight is 349 g/mol. The van der Waals surface area contributed by atoms with Crippen molar-refractivity contribution in [2.45, 2.75) is 25.9 Å². The van der Waals surface area contributed by atoms with Crippen LogP contribution in [0, 0.1) is 5.92 Å². The first-order chi connectivity index (χ1) is 12.7. The highest BCUT2D eigenvalue weighted by Gasteiger charge is 2.21. The molecule has 4 heteroatoms. The number of hydrogen-bond donors (Lipinski definition) is 1. The molecule has 0 aliphatic carbocycles. The molecule has 1 aliphatic heterocycles. The summed E-state index contributed by atoms with van der Waals surface area (Å²) in [6.45, 7) is 4.17. The van der Waals surface area contributed by atoms with Crippen LogP contribution < -0.4 is 15.5 Å². The number of benzene rings is 2. The minimum Gasteiger partial charge on any atom is -0.490 e. The molecule has 4 rings (SSSR count). The smallest absolute Gasteiger partial charge is 0.200 e. The predicted molar refractivity (Wildman–Crippen MR) is 104 cm³/mol. The fraction of sp³-hybridized carbons (Fsp3) is 0.318. The van der Waals surface area contributed by atoms with E-state index in [0.717, 1.165) is 18.7 Å². The molecule has 2 aromatic carbocycles. The molecule has 2 atom stereocenters. The Morgan fingerprint density at radius 3 is 2.81 bits per heavy atom. The zero-order chi connectivity index (χ0) is 17.9. The molecule has 2 unspecified atom stereocenters. The van der Waals surface area contributed by atoms with Gasteiger partial charge in [0.25, 0.3) is 0 Å². The van der Waals surface area contributed by atoms with Gasteiger partial charge in [0.2, 0.25) is 5.43 Å². The molecule has 4 nitrogen and oxygen atoms in total. The van der Waals surface area contributed by atoms with Crippen molar-refractivity contribution >= 4 is 11.0 Å². The third-order valence-electron chi connectivity index (χ3n) is 5.15. The maximum atomic E-state index is 12.9. The van der Waals surface area contributed by atoms with Crippen LogP contribution in [0.4, 0.5) is 0 Å². The Kier molecular flexibility index (Phi) is 4.76. The Labute approximate surface area is 152 Å². The highest BCUT2D eigenvalue weighted by atomic mass is 16.5. The first kappa shape index (κ1) is 16.9. The summed E-state index contributed by atoms with van der Waals surface area (Å²) < 4.78 is 11.8. The van der Waals surface area contributed by atoms with Crippen molar-refractivity contribution in [2.24, 2.45) is 5.92 Å². The second kappa shape index (κ2) is 7.34. The fourth-order valence-corrected chi connectivity index (χ4v) is 3.59. The molecule has 1 fully saturated rings. The van der Waals surface area contributed by atoms with Crippen molar-refractivity contribution in [3.05, 3.63) is 65.0 Å². The van der Waals surface area contributed by atoms with Gasteiger partial charge in [-0.2, -0.15) is 0 Å². The Morgan fingerprint density at radius 2 is 2.04 bits per heavy atom. The van der Waals surface area contributed by atoms with Crippen LogP contribution in [-0.2, 0) is 0 Å². The van der Waals surface area contributed by atoms with Gasteiger partial charge in [-0.05, 0) is 50.1 Å². The molecule has 0 amide bonds. The highest BCUT2D eigenvalue weighted by Crippen LogP contribution is 2.25. The zero-order valence-corrected chi connectivity index (χ0v) is 14.9. The Bertz CT molecular complexity index is 943. The van der Waals surface area contributed by atoms with Crippen molar-refractivity contribution in [2.75, 3.05) is 13.1 Å². The van der Waals surface area contributed by atoms with E-state index in [1.54, 1.807) is 6.07 Å². The lowest BCUT2D eigenvalue weighted by Gasteiger charge is -2.28. The fourth-order valence-electron chi connectivity index (χ4n) is 3.59. The lowest BCUT2D eigenvalue weighted by molar-refractivity contribution is 0.131. The molecule has 2 heterocycles. The highest BCUT2D eigenvalue weighted by molar-refractivity contribution is 5.82. The standard InChI is InChI=1S/C22H23NO3/c1-15(17-8-5-11-23-13-17)26-18-9-10-21-19(12-18)22(24)20(14-25-21)16-6-3-2-4-7-16/h2-4,6-7,9-10,12,14-15,17,23H,5,8,11,13H2,1H3. The number of piperidine rings is 1. The summed E-state index contributed by atoms with van der Waals surface area (Å²) in [5.41, 5.74) is 1.97. The lowest BCUT2D eigenvalue weighted by Crippen LogP contribution is -2.37. The van der Waals surface area contributed by atoms with Gasteiger partial charge < -0.3 is 14.5 Å². The van der Waals surface area contributed by atoms with E-state index in [1.165, 1.54) is 19.1 Å². The number of ether oxygens (including phenoxy) is 1. The van der Waals surface area contributed by atoms with Crippen LogP contribution in [0.25, 0.3) is 22.1 Å². The molecule has 1 N–H and O–H groups in total. The molecule has 0 radical (unpaired) electrons.